The Labute approximate surface area is 104 Å². The number of benzene rings is 1. The molecule has 0 bridgehead atoms. The van der Waals surface area contributed by atoms with Crippen molar-refractivity contribution in [3.05, 3.63) is 47.2 Å². The van der Waals surface area contributed by atoms with E-state index in [9.17, 15) is 4.39 Å². The van der Waals surface area contributed by atoms with Gasteiger partial charge in [0.15, 0.2) is 0 Å². The second-order valence-corrected chi connectivity index (χ2v) is 3.48. The number of nitrogens with two attached hydrogens (primary N) is 1. The second-order valence-electron chi connectivity index (χ2n) is 3.07. The number of nitrogens with zero attached hydrogens (tertiary/aromatic N) is 1. The van der Waals surface area contributed by atoms with Gasteiger partial charge in [0.05, 0.1) is 10.7 Å². The maximum atomic E-state index is 12.8. The molecule has 1 aromatic carbocycles. The molecule has 0 radical (unpaired) electrons. The topological polar surface area (TPSA) is 38.9 Å². The van der Waals surface area contributed by atoms with Crippen molar-refractivity contribution >= 4 is 29.8 Å². The van der Waals surface area contributed by atoms with Gasteiger partial charge in [0, 0.05) is 5.56 Å². The summed E-state index contributed by atoms with van der Waals surface area (Å²) in [6.45, 7) is 0. The summed E-state index contributed by atoms with van der Waals surface area (Å²) in [7, 11) is 0. The molecule has 0 aliphatic rings. The lowest BCUT2D eigenvalue weighted by molar-refractivity contribution is 0.628. The molecule has 0 saturated heterocycles. The molecule has 1 heterocycles. The summed E-state index contributed by atoms with van der Waals surface area (Å²) in [6.07, 6.45) is 0. The molecule has 1 aromatic heterocycles. The van der Waals surface area contributed by atoms with E-state index < -0.39 is 0 Å². The molecule has 0 spiro atoms. The molecule has 84 valence electrons. The van der Waals surface area contributed by atoms with Gasteiger partial charge in [-0.05, 0) is 30.3 Å². The lowest BCUT2D eigenvalue weighted by atomic mass is 10.1. The van der Waals surface area contributed by atoms with E-state index in [1.807, 2.05) is 0 Å². The molecule has 2 rings (SSSR count). The zero-order chi connectivity index (χ0) is 10.8. The Morgan fingerprint density at radius 1 is 1.19 bits per heavy atom. The van der Waals surface area contributed by atoms with E-state index in [0.717, 1.165) is 0 Å². The minimum atomic E-state index is -0.368. The summed E-state index contributed by atoms with van der Waals surface area (Å²) in [5, 5.41) is 0.327. The number of halogens is 3. The van der Waals surface area contributed by atoms with Gasteiger partial charge >= 0.3 is 0 Å². The minimum Gasteiger partial charge on any atom is -0.384 e. The van der Waals surface area contributed by atoms with Crippen molar-refractivity contribution in [2.24, 2.45) is 0 Å². The highest BCUT2D eigenvalue weighted by Crippen LogP contribution is 2.27. The monoisotopic (exact) mass is 258 g/mol. The van der Waals surface area contributed by atoms with Crippen molar-refractivity contribution in [3.8, 4) is 11.3 Å². The molecular weight excluding hydrogens is 250 g/mol. The van der Waals surface area contributed by atoms with Crippen molar-refractivity contribution in [1.29, 1.82) is 0 Å². The number of hydrogen-bond acceptors (Lipinski definition) is 2. The number of aromatic nitrogens is 1. The molecule has 0 amide bonds. The second kappa shape index (κ2) is 5.14. The third kappa shape index (κ3) is 2.62. The minimum absolute atomic E-state index is 0. The van der Waals surface area contributed by atoms with Gasteiger partial charge in [-0.3, -0.25) is 0 Å². The van der Waals surface area contributed by atoms with Crippen LogP contribution in [0.4, 0.5) is 10.2 Å². The Bertz CT molecular complexity index is 503. The van der Waals surface area contributed by atoms with Crippen LogP contribution in [0.15, 0.2) is 36.4 Å². The molecule has 0 saturated carbocycles. The highest BCUT2D eigenvalue weighted by Gasteiger charge is 2.05. The lowest BCUT2D eigenvalue weighted by Crippen LogP contribution is -1.92. The van der Waals surface area contributed by atoms with Crippen molar-refractivity contribution in [2.75, 3.05) is 5.73 Å². The van der Waals surface area contributed by atoms with Crippen LogP contribution in [0.25, 0.3) is 11.3 Å². The first-order valence-electron chi connectivity index (χ1n) is 4.35. The summed E-state index contributed by atoms with van der Waals surface area (Å²) in [5.74, 6) is 0.0422. The largest absolute Gasteiger partial charge is 0.384 e. The van der Waals surface area contributed by atoms with Crippen molar-refractivity contribution in [1.82, 2.24) is 4.98 Å². The molecule has 2 N–H and O–H groups in total. The van der Waals surface area contributed by atoms with Crippen LogP contribution in [0, 0.1) is 5.82 Å². The number of rotatable bonds is 1. The van der Waals surface area contributed by atoms with E-state index >= 15 is 0 Å². The van der Waals surface area contributed by atoms with Crippen molar-refractivity contribution in [2.45, 2.75) is 0 Å². The van der Waals surface area contributed by atoms with Crippen molar-refractivity contribution < 1.29 is 4.39 Å². The van der Waals surface area contributed by atoms with Gasteiger partial charge in [-0.2, -0.15) is 0 Å². The zero-order valence-corrected chi connectivity index (χ0v) is 9.73. The summed E-state index contributed by atoms with van der Waals surface area (Å²) < 4.78 is 12.8. The number of nitrogen functional groups attached to an aromatic ring is 1. The molecule has 2 aromatic rings. The molecule has 0 fully saturated rings. The van der Waals surface area contributed by atoms with E-state index in [1.54, 1.807) is 24.3 Å². The Hall–Kier alpha value is -1.32. The van der Waals surface area contributed by atoms with Gasteiger partial charge in [-0.1, -0.05) is 17.7 Å². The van der Waals surface area contributed by atoms with Crippen LogP contribution in [-0.2, 0) is 0 Å². The summed E-state index contributed by atoms with van der Waals surface area (Å²) in [5.41, 5.74) is 6.86. The first kappa shape index (κ1) is 12.7. The molecule has 16 heavy (non-hydrogen) atoms. The summed E-state index contributed by atoms with van der Waals surface area (Å²) in [6, 6.07) is 9.40. The average Bonchev–Trinajstić information content (AvgIpc) is 2.17. The predicted octanol–water partition coefficient (Wildman–Crippen LogP) is 3.55. The van der Waals surface area contributed by atoms with E-state index in [4.69, 9.17) is 17.3 Å². The Morgan fingerprint density at radius 3 is 2.56 bits per heavy atom. The van der Waals surface area contributed by atoms with Crippen LogP contribution < -0.4 is 5.73 Å². The predicted molar refractivity (Wildman–Crippen MR) is 66.3 cm³/mol. The van der Waals surface area contributed by atoms with Gasteiger partial charge in [0.25, 0.3) is 0 Å². The van der Waals surface area contributed by atoms with E-state index in [0.29, 0.717) is 22.1 Å². The molecule has 0 aliphatic carbocycles. The van der Waals surface area contributed by atoms with Crippen LogP contribution in [-0.4, -0.2) is 4.98 Å². The summed E-state index contributed by atoms with van der Waals surface area (Å²) in [4.78, 5) is 4.10. The molecule has 0 atom stereocenters. The van der Waals surface area contributed by atoms with Gasteiger partial charge in [-0.15, -0.1) is 12.4 Å². The first-order chi connectivity index (χ1) is 7.16. The fourth-order valence-corrected chi connectivity index (χ4v) is 1.56. The normalized spacial score (nSPS) is 9.62. The maximum Gasteiger partial charge on any atom is 0.124 e. The Kier molecular flexibility index (Phi) is 4.10. The van der Waals surface area contributed by atoms with Gasteiger partial charge < -0.3 is 5.73 Å². The lowest BCUT2D eigenvalue weighted by Gasteiger charge is -2.04. The molecule has 5 heteroatoms. The number of anilines is 1. The Morgan fingerprint density at radius 2 is 1.94 bits per heavy atom. The fourth-order valence-electron chi connectivity index (χ4n) is 1.30. The fraction of sp³-hybridized carbons (Fsp3) is 0. The molecule has 2 nitrogen and oxygen atoms in total. The standard InChI is InChI=1S/C11H8ClFN2.ClH/c12-9-6-7(13)4-5-8(9)10-2-1-3-11(14)15-10;/h1-6H,(H2,14,15);1H. The smallest absolute Gasteiger partial charge is 0.124 e. The van der Waals surface area contributed by atoms with Crippen LogP contribution in [0.2, 0.25) is 5.02 Å². The third-order valence-corrected chi connectivity index (χ3v) is 2.29. The number of hydrogen-bond donors (Lipinski definition) is 1. The van der Waals surface area contributed by atoms with Gasteiger partial charge in [-0.25, -0.2) is 9.37 Å². The van der Waals surface area contributed by atoms with Crippen LogP contribution in [0.1, 0.15) is 0 Å². The molecule has 0 unspecified atom stereocenters. The van der Waals surface area contributed by atoms with Crippen LogP contribution in [0.5, 0.6) is 0 Å². The number of pyridine rings is 1. The zero-order valence-electron chi connectivity index (χ0n) is 8.15. The quantitative estimate of drug-likeness (QED) is 0.850. The van der Waals surface area contributed by atoms with E-state index in [2.05, 4.69) is 4.98 Å². The Balaban J connectivity index is 0.00000128. The highest BCUT2D eigenvalue weighted by molar-refractivity contribution is 6.33. The maximum absolute atomic E-state index is 12.8. The van der Waals surface area contributed by atoms with Crippen LogP contribution >= 0.6 is 24.0 Å². The van der Waals surface area contributed by atoms with Gasteiger partial charge in [0.1, 0.15) is 11.6 Å². The van der Waals surface area contributed by atoms with E-state index in [-0.39, 0.29) is 18.2 Å². The van der Waals surface area contributed by atoms with Crippen LogP contribution in [0.3, 0.4) is 0 Å². The molecular formula is C11H9Cl2FN2. The first-order valence-corrected chi connectivity index (χ1v) is 4.72. The van der Waals surface area contributed by atoms with Crippen molar-refractivity contribution in [3.63, 3.8) is 0 Å². The highest BCUT2D eigenvalue weighted by atomic mass is 35.5. The summed E-state index contributed by atoms with van der Waals surface area (Å²) >= 11 is 5.90. The van der Waals surface area contributed by atoms with E-state index in [1.165, 1.54) is 12.1 Å². The van der Waals surface area contributed by atoms with Gasteiger partial charge in [0.2, 0.25) is 0 Å². The average molecular weight is 259 g/mol. The third-order valence-electron chi connectivity index (χ3n) is 1.98. The molecule has 0 aliphatic heterocycles. The SMILES string of the molecule is Cl.Nc1cccc(-c2ccc(F)cc2Cl)n1.